The van der Waals surface area contributed by atoms with Gasteiger partial charge in [-0.3, -0.25) is 14.5 Å². The van der Waals surface area contributed by atoms with Crippen LogP contribution in [-0.2, 0) is 14.3 Å². The van der Waals surface area contributed by atoms with E-state index in [9.17, 15) is 14.9 Å². The molecule has 244 valence electrons. The summed E-state index contributed by atoms with van der Waals surface area (Å²) in [6, 6.07) is 15.8. The fraction of sp³-hybridized carbons (Fsp3) is 0.471. The van der Waals surface area contributed by atoms with Crippen molar-refractivity contribution in [3.8, 4) is 23.2 Å². The monoisotopic (exact) mass is 640 g/mol. The average molecular weight is 641 g/mol. The summed E-state index contributed by atoms with van der Waals surface area (Å²) in [5, 5.41) is 13.1. The number of hydrogen-bond acceptors (Lipinski definition) is 11. The second-order valence-electron chi connectivity index (χ2n) is 12.6. The number of Topliss-reactive ketones (excluding diaryl/α,β-unsaturated/α-hetero) is 1. The van der Waals surface area contributed by atoms with Crippen LogP contribution >= 0.6 is 0 Å². The van der Waals surface area contributed by atoms with E-state index in [0.717, 1.165) is 45.1 Å². The predicted octanol–water partition coefficient (Wildman–Crippen LogP) is 3.36. The maximum absolute atomic E-state index is 15.2. The Morgan fingerprint density at radius 3 is 2.53 bits per heavy atom. The Balaban J connectivity index is 0.956. The van der Waals surface area contributed by atoms with Gasteiger partial charge in [-0.15, -0.1) is 0 Å². The molecule has 2 aromatic carbocycles. The number of piperazine rings is 1. The van der Waals surface area contributed by atoms with Crippen molar-refractivity contribution in [1.29, 1.82) is 5.26 Å². The lowest BCUT2D eigenvalue weighted by atomic mass is 10.0. The van der Waals surface area contributed by atoms with Crippen molar-refractivity contribution in [2.45, 2.75) is 44.0 Å². The highest BCUT2D eigenvalue weighted by Gasteiger charge is 2.38. The number of benzene rings is 2. The summed E-state index contributed by atoms with van der Waals surface area (Å²) in [5.41, 5.74) is 2.82. The molecule has 3 aromatic rings. The van der Waals surface area contributed by atoms with Crippen LogP contribution in [0, 0.1) is 17.2 Å². The molecule has 3 saturated heterocycles. The largest absolute Gasteiger partial charge is 0.486 e. The first-order valence-electron chi connectivity index (χ1n) is 16.2. The van der Waals surface area contributed by atoms with Gasteiger partial charge in [0.25, 0.3) is 0 Å². The van der Waals surface area contributed by atoms with Crippen molar-refractivity contribution in [3.05, 3.63) is 54.4 Å². The van der Waals surface area contributed by atoms with Gasteiger partial charge in [-0.25, -0.2) is 14.4 Å². The van der Waals surface area contributed by atoms with E-state index in [1.807, 2.05) is 12.1 Å². The van der Waals surface area contributed by atoms with Crippen LogP contribution in [0.25, 0.3) is 11.4 Å². The molecule has 0 bridgehead atoms. The summed E-state index contributed by atoms with van der Waals surface area (Å²) in [5.74, 6) is 0.573. The number of aromatic nitrogens is 3. The first-order valence-corrected chi connectivity index (χ1v) is 16.2. The number of nitrogens with zero attached hydrogens (tertiary/aromatic N) is 7. The number of rotatable bonds is 8. The lowest BCUT2D eigenvalue weighted by molar-refractivity contribution is -0.139. The van der Waals surface area contributed by atoms with Gasteiger partial charge in [-0.05, 0) is 48.9 Å². The molecular weight excluding hydrogens is 603 g/mol. The molecule has 0 spiro atoms. The van der Waals surface area contributed by atoms with Crippen molar-refractivity contribution in [2.24, 2.45) is 5.92 Å². The van der Waals surface area contributed by atoms with Crippen molar-refractivity contribution in [3.63, 3.8) is 0 Å². The number of carbonyl (C=O) groups is 2. The van der Waals surface area contributed by atoms with Crippen LogP contribution in [-0.4, -0.2) is 107 Å². The van der Waals surface area contributed by atoms with Gasteiger partial charge in [0.05, 0.1) is 31.4 Å². The zero-order chi connectivity index (χ0) is 32.3. The third-order valence-electron chi connectivity index (χ3n) is 9.54. The third-order valence-corrected chi connectivity index (χ3v) is 9.54. The van der Waals surface area contributed by atoms with Crippen molar-refractivity contribution >= 4 is 29.0 Å². The number of nitrogens with one attached hydrogen (secondary N) is 1. The Hall–Kier alpha value is -4.67. The maximum atomic E-state index is 15.2. The van der Waals surface area contributed by atoms with E-state index in [1.54, 1.807) is 18.2 Å². The first-order chi connectivity index (χ1) is 22.9. The molecule has 0 radical (unpaired) electrons. The molecule has 3 aliphatic heterocycles. The minimum atomic E-state index is -1.42. The SMILES string of the molecule is N#Cc1cc(-c2ncnc(Nc3ccc(N4CCN(C5COC5)CC4)cc3)n2)ccc1OC1CCN(C(=O)[C@H]2CCC(=O)C2)C[C@H]1F. The Morgan fingerprint density at radius 1 is 1.04 bits per heavy atom. The summed E-state index contributed by atoms with van der Waals surface area (Å²) < 4.78 is 26.5. The number of likely N-dealkylation sites (tertiary alicyclic amines) is 1. The molecule has 1 aliphatic carbocycles. The van der Waals surface area contributed by atoms with Crippen LogP contribution in [0.15, 0.2) is 48.8 Å². The molecule has 1 amide bonds. The maximum Gasteiger partial charge on any atom is 0.230 e. The predicted molar refractivity (Wildman–Crippen MR) is 171 cm³/mol. The highest BCUT2D eigenvalue weighted by atomic mass is 19.1. The summed E-state index contributed by atoms with van der Waals surface area (Å²) in [7, 11) is 0. The van der Waals surface area contributed by atoms with Crippen molar-refractivity contribution in [1.82, 2.24) is 24.8 Å². The summed E-state index contributed by atoms with van der Waals surface area (Å²) in [6.45, 7) is 5.96. The van der Waals surface area contributed by atoms with Gasteiger partial charge in [0.1, 0.15) is 30.0 Å². The van der Waals surface area contributed by atoms with E-state index >= 15 is 4.39 Å². The van der Waals surface area contributed by atoms with Crippen LogP contribution in [0.1, 0.15) is 31.2 Å². The number of hydrogen-bond donors (Lipinski definition) is 1. The van der Waals surface area contributed by atoms with Gasteiger partial charge in [-0.1, -0.05) is 0 Å². The summed E-state index contributed by atoms with van der Waals surface area (Å²) in [6.07, 6.45) is 0.667. The fourth-order valence-electron chi connectivity index (χ4n) is 6.68. The molecule has 13 heteroatoms. The van der Waals surface area contributed by atoms with Gasteiger partial charge >= 0.3 is 0 Å². The van der Waals surface area contributed by atoms with Crippen molar-refractivity contribution in [2.75, 3.05) is 62.7 Å². The first kappa shape index (κ1) is 31.0. The van der Waals surface area contributed by atoms with Crippen molar-refractivity contribution < 1.29 is 23.5 Å². The third kappa shape index (κ3) is 6.89. The number of amides is 1. The van der Waals surface area contributed by atoms with Crippen LogP contribution in [0.3, 0.4) is 0 Å². The van der Waals surface area contributed by atoms with Gasteiger partial charge in [-0.2, -0.15) is 10.2 Å². The van der Waals surface area contributed by atoms with E-state index < -0.39 is 12.3 Å². The number of halogens is 1. The van der Waals surface area contributed by atoms with Gasteiger partial charge in [0.2, 0.25) is 11.9 Å². The molecular formula is C34H37FN8O4. The minimum Gasteiger partial charge on any atom is -0.486 e. The highest BCUT2D eigenvalue weighted by molar-refractivity contribution is 5.90. The molecule has 1 saturated carbocycles. The zero-order valence-electron chi connectivity index (χ0n) is 26.1. The van der Waals surface area contributed by atoms with Crippen LogP contribution in [0.5, 0.6) is 5.75 Å². The molecule has 1 unspecified atom stereocenters. The van der Waals surface area contributed by atoms with E-state index in [0.29, 0.717) is 42.8 Å². The number of ether oxygens (including phenoxy) is 2. The van der Waals surface area contributed by atoms with E-state index in [1.165, 1.54) is 16.9 Å². The molecule has 12 nitrogen and oxygen atoms in total. The number of alkyl halides is 1. The Labute approximate surface area is 272 Å². The van der Waals surface area contributed by atoms with Crippen LogP contribution in [0.2, 0.25) is 0 Å². The summed E-state index contributed by atoms with van der Waals surface area (Å²) in [4.78, 5) is 43.9. The van der Waals surface area contributed by atoms with Gasteiger partial charge in [0.15, 0.2) is 12.0 Å². The molecule has 1 N–H and O–H groups in total. The second-order valence-corrected chi connectivity index (χ2v) is 12.6. The fourth-order valence-corrected chi connectivity index (χ4v) is 6.68. The number of piperidine rings is 1. The molecule has 4 aliphatic rings. The Morgan fingerprint density at radius 2 is 1.85 bits per heavy atom. The number of nitriles is 1. The topological polar surface area (TPSA) is 137 Å². The number of carbonyl (C=O) groups excluding carboxylic acids is 2. The lowest BCUT2D eigenvalue weighted by Crippen LogP contribution is -2.56. The van der Waals surface area contributed by atoms with E-state index in [4.69, 9.17) is 9.47 Å². The average Bonchev–Trinajstić information content (AvgIpc) is 3.51. The van der Waals surface area contributed by atoms with Crippen LogP contribution < -0.4 is 15.0 Å². The van der Waals surface area contributed by atoms with E-state index in [2.05, 4.69) is 48.3 Å². The van der Waals surface area contributed by atoms with Crippen LogP contribution in [0.4, 0.5) is 21.7 Å². The van der Waals surface area contributed by atoms with Gasteiger partial charge < -0.3 is 24.6 Å². The Kier molecular flexibility index (Phi) is 8.95. The molecule has 4 fully saturated rings. The standard InChI is InChI=1S/C34H37FN8O4/c35-29-18-43(33(45)23-1-7-28(44)16-23)10-9-31(29)47-30-8-2-22(15-24(30)17-36)32-37-21-38-34(40-32)39-25-3-5-26(6-4-25)41-11-13-42(14-12-41)27-19-46-20-27/h2-6,8,15,21,23,27,29,31H,1,7,9-14,16,18-20H2,(H,37,38,39,40)/t23-,29+,31?/m0/s1. The molecule has 4 heterocycles. The molecule has 47 heavy (non-hydrogen) atoms. The van der Waals surface area contributed by atoms with Gasteiger partial charge in [0, 0.05) is 74.8 Å². The highest BCUT2D eigenvalue weighted by Crippen LogP contribution is 2.31. The Bertz CT molecular complexity index is 1650. The number of ketones is 1. The smallest absolute Gasteiger partial charge is 0.230 e. The minimum absolute atomic E-state index is 0.0843. The lowest BCUT2D eigenvalue weighted by Gasteiger charge is -2.43. The zero-order valence-corrected chi connectivity index (χ0v) is 26.1. The quantitative estimate of drug-likeness (QED) is 0.388. The molecule has 7 rings (SSSR count). The molecule has 3 atom stereocenters. The van der Waals surface area contributed by atoms with E-state index in [-0.39, 0.29) is 48.3 Å². The molecule has 1 aromatic heterocycles. The summed E-state index contributed by atoms with van der Waals surface area (Å²) >= 11 is 0. The normalized spacial score (nSPS) is 23.7. The number of anilines is 3. The second kappa shape index (κ2) is 13.6.